The number of rotatable bonds is 4. The summed E-state index contributed by atoms with van der Waals surface area (Å²) in [4.78, 5) is 23.3. The largest absolute Gasteiger partial charge is 0.349 e. The third-order valence-corrected chi connectivity index (χ3v) is 6.77. The molecule has 0 atom stereocenters. The fourth-order valence-corrected chi connectivity index (χ4v) is 4.77. The van der Waals surface area contributed by atoms with E-state index in [9.17, 15) is 4.79 Å². The van der Waals surface area contributed by atoms with Crippen molar-refractivity contribution in [1.82, 2.24) is 29.8 Å². The van der Waals surface area contributed by atoms with Crippen molar-refractivity contribution in [3.05, 3.63) is 78.9 Å². The molecule has 1 aromatic carbocycles. The molecule has 0 aliphatic carbocycles. The molecule has 34 heavy (non-hydrogen) atoms. The van der Waals surface area contributed by atoms with Gasteiger partial charge in [-0.2, -0.15) is 5.10 Å². The van der Waals surface area contributed by atoms with E-state index >= 15 is 0 Å². The lowest BCUT2D eigenvalue weighted by Crippen LogP contribution is -2.43. The lowest BCUT2D eigenvalue weighted by molar-refractivity contribution is 0.0918. The zero-order chi connectivity index (χ0) is 23.1. The third-order valence-electron chi connectivity index (χ3n) is 6.77. The number of fused-ring (bicyclic) bond motifs is 2. The number of nitrogens with zero attached hydrogens (tertiary/aromatic N) is 4. The predicted molar refractivity (Wildman–Crippen MR) is 134 cm³/mol. The van der Waals surface area contributed by atoms with Crippen molar-refractivity contribution in [3.63, 3.8) is 0 Å². The summed E-state index contributed by atoms with van der Waals surface area (Å²) >= 11 is 0. The number of aromatic amines is 1. The first kappa shape index (κ1) is 20.6. The van der Waals surface area contributed by atoms with Gasteiger partial charge >= 0.3 is 0 Å². The second kappa shape index (κ2) is 8.43. The van der Waals surface area contributed by atoms with E-state index in [0.717, 1.165) is 64.7 Å². The second-order valence-corrected chi connectivity index (χ2v) is 9.04. The van der Waals surface area contributed by atoms with Crippen LogP contribution in [0.25, 0.3) is 38.8 Å². The highest BCUT2D eigenvalue weighted by atomic mass is 16.1. The molecular formula is C27H26N6O. The van der Waals surface area contributed by atoms with Gasteiger partial charge in [0.1, 0.15) is 5.65 Å². The Morgan fingerprint density at radius 3 is 2.68 bits per heavy atom. The monoisotopic (exact) mass is 450 g/mol. The summed E-state index contributed by atoms with van der Waals surface area (Å²) in [5.74, 6) is -0.0614. The quantitative estimate of drug-likeness (QED) is 0.426. The summed E-state index contributed by atoms with van der Waals surface area (Å²) < 4.78 is 1.76. The number of carbonyl (C=O) groups is 1. The Bertz CT molecular complexity index is 1480. The summed E-state index contributed by atoms with van der Waals surface area (Å²) in [6.45, 7) is 2.01. The van der Waals surface area contributed by atoms with Gasteiger partial charge in [0.05, 0.1) is 17.3 Å². The molecule has 0 unspecified atom stereocenters. The van der Waals surface area contributed by atoms with E-state index in [2.05, 4.69) is 50.5 Å². The summed E-state index contributed by atoms with van der Waals surface area (Å²) in [6, 6.07) is 16.7. The van der Waals surface area contributed by atoms with E-state index in [1.54, 1.807) is 10.7 Å². The van der Waals surface area contributed by atoms with Crippen molar-refractivity contribution < 1.29 is 4.79 Å². The molecule has 7 heteroatoms. The fraction of sp³-hybridized carbons (Fsp3) is 0.222. The van der Waals surface area contributed by atoms with E-state index in [4.69, 9.17) is 0 Å². The molecule has 1 aliphatic rings. The van der Waals surface area contributed by atoms with Crippen LogP contribution in [-0.2, 0) is 0 Å². The Morgan fingerprint density at radius 1 is 1.03 bits per heavy atom. The fourth-order valence-electron chi connectivity index (χ4n) is 4.77. The number of hydrogen-bond acceptors (Lipinski definition) is 4. The molecule has 0 saturated carbocycles. The second-order valence-electron chi connectivity index (χ2n) is 9.04. The molecule has 2 N–H and O–H groups in total. The maximum Gasteiger partial charge on any atom is 0.255 e. The highest BCUT2D eigenvalue weighted by Crippen LogP contribution is 2.32. The van der Waals surface area contributed by atoms with E-state index in [0.29, 0.717) is 5.56 Å². The van der Waals surface area contributed by atoms with Gasteiger partial charge in [0.15, 0.2) is 0 Å². The molecule has 7 nitrogen and oxygen atoms in total. The standard InChI is InChI=1S/C27H26N6O/c1-32-10-8-21(9-11-32)31-27(34)24-17-30-33-12-7-19(14-25(24)33)23-16-29-26-22(23)13-20(15-28-26)18-5-3-2-4-6-18/h2-7,12-17,21H,8-11H2,1H3,(H,28,29)(H,31,34). The molecule has 1 fully saturated rings. The van der Waals surface area contributed by atoms with Gasteiger partial charge in [-0.1, -0.05) is 30.3 Å². The molecule has 5 aromatic rings. The van der Waals surface area contributed by atoms with Gasteiger partial charge in [-0.25, -0.2) is 9.50 Å². The molecule has 6 rings (SSSR count). The maximum atomic E-state index is 13.1. The zero-order valence-electron chi connectivity index (χ0n) is 19.0. The van der Waals surface area contributed by atoms with Crippen LogP contribution in [0.5, 0.6) is 0 Å². The smallest absolute Gasteiger partial charge is 0.255 e. The highest BCUT2D eigenvalue weighted by molar-refractivity contribution is 6.02. The van der Waals surface area contributed by atoms with Crippen molar-refractivity contribution in [3.8, 4) is 22.3 Å². The Hall–Kier alpha value is -3.97. The Balaban J connectivity index is 1.35. The summed E-state index contributed by atoms with van der Waals surface area (Å²) in [5.41, 5.74) is 6.49. The molecule has 1 saturated heterocycles. The number of aromatic nitrogens is 4. The van der Waals surface area contributed by atoms with Gasteiger partial charge < -0.3 is 15.2 Å². The van der Waals surface area contributed by atoms with Crippen molar-refractivity contribution in [1.29, 1.82) is 0 Å². The minimum atomic E-state index is -0.0614. The van der Waals surface area contributed by atoms with Crippen LogP contribution in [0.4, 0.5) is 0 Å². The average Bonchev–Trinajstić information content (AvgIpc) is 3.49. The number of likely N-dealkylation sites (tertiary alicyclic amines) is 1. The van der Waals surface area contributed by atoms with Crippen LogP contribution in [0.3, 0.4) is 0 Å². The van der Waals surface area contributed by atoms with Crippen LogP contribution >= 0.6 is 0 Å². The first-order chi connectivity index (χ1) is 16.7. The van der Waals surface area contributed by atoms with Gasteiger partial charge in [0, 0.05) is 41.1 Å². The minimum absolute atomic E-state index is 0.0614. The predicted octanol–water partition coefficient (Wildman–Crippen LogP) is 4.37. The lowest BCUT2D eigenvalue weighted by atomic mass is 10.0. The number of piperidine rings is 1. The normalized spacial score (nSPS) is 15.2. The first-order valence-corrected chi connectivity index (χ1v) is 11.7. The number of amides is 1. The van der Waals surface area contributed by atoms with E-state index in [-0.39, 0.29) is 11.9 Å². The molecular weight excluding hydrogens is 424 g/mol. The molecule has 0 spiro atoms. The maximum absolute atomic E-state index is 13.1. The van der Waals surface area contributed by atoms with Crippen LogP contribution in [0.2, 0.25) is 0 Å². The van der Waals surface area contributed by atoms with Gasteiger partial charge in [0.2, 0.25) is 0 Å². The number of carbonyl (C=O) groups excluding carboxylic acids is 1. The molecule has 1 aliphatic heterocycles. The molecule has 1 amide bonds. The SMILES string of the molecule is CN1CCC(NC(=O)c2cnn3ccc(-c4c[nH]c5ncc(-c6ccccc6)cc45)cc23)CC1. The van der Waals surface area contributed by atoms with E-state index in [1.165, 1.54) is 0 Å². The van der Waals surface area contributed by atoms with Gasteiger partial charge in [-0.05, 0) is 62.3 Å². The van der Waals surface area contributed by atoms with Crippen molar-refractivity contribution in [2.75, 3.05) is 20.1 Å². The number of H-pyrrole nitrogens is 1. The third kappa shape index (κ3) is 3.74. The lowest BCUT2D eigenvalue weighted by Gasteiger charge is -2.29. The molecule has 0 bridgehead atoms. The van der Waals surface area contributed by atoms with Gasteiger partial charge in [-0.15, -0.1) is 0 Å². The van der Waals surface area contributed by atoms with Crippen LogP contribution < -0.4 is 5.32 Å². The Labute approximate surface area is 197 Å². The average molecular weight is 451 g/mol. The first-order valence-electron chi connectivity index (χ1n) is 11.7. The van der Waals surface area contributed by atoms with Gasteiger partial charge in [0.25, 0.3) is 5.91 Å². The summed E-state index contributed by atoms with van der Waals surface area (Å²) in [7, 11) is 2.12. The van der Waals surface area contributed by atoms with Crippen LogP contribution in [0.15, 0.2) is 73.3 Å². The van der Waals surface area contributed by atoms with Crippen LogP contribution in [-0.4, -0.2) is 56.6 Å². The van der Waals surface area contributed by atoms with E-state index in [1.807, 2.05) is 48.9 Å². The van der Waals surface area contributed by atoms with Crippen LogP contribution in [0.1, 0.15) is 23.2 Å². The zero-order valence-corrected chi connectivity index (χ0v) is 19.0. The number of hydrogen-bond donors (Lipinski definition) is 2. The van der Waals surface area contributed by atoms with Crippen molar-refractivity contribution in [2.45, 2.75) is 18.9 Å². The highest BCUT2D eigenvalue weighted by Gasteiger charge is 2.21. The number of benzene rings is 1. The topological polar surface area (TPSA) is 78.3 Å². The van der Waals surface area contributed by atoms with Crippen molar-refractivity contribution >= 4 is 22.5 Å². The molecule has 5 heterocycles. The van der Waals surface area contributed by atoms with Gasteiger partial charge in [-0.3, -0.25) is 4.79 Å². The van der Waals surface area contributed by atoms with E-state index < -0.39 is 0 Å². The van der Waals surface area contributed by atoms with Crippen LogP contribution in [0, 0.1) is 0 Å². The Morgan fingerprint density at radius 2 is 1.85 bits per heavy atom. The summed E-state index contributed by atoms with van der Waals surface area (Å²) in [5, 5.41) is 8.66. The molecule has 0 radical (unpaired) electrons. The summed E-state index contributed by atoms with van der Waals surface area (Å²) in [6.07, 6.45) is 9.38. The number of pyridine rings is 2. The Kier molecular flexibility index (Phi) is 5.11. The minimum Gasteiger partial charge on any atom is -0.349 e. The number of nitrogens with one attached hydrogen (secondary N) is 2. The molecule has 4 aromatic heterocycles. The molecule has 170 valence electrons. The van der Waals surface area contributed by atoms with Crippen molar-refractivity contribution in [2.24, 2.45) is 0 Å².